The Morgan fingerprint density at radius 3 is 2.32 bits per heavy atom. The number of sulfonamides is 1. The monoisotopic (exact) mass is 460 g/mol. The predicted molar refractivity (Wildman–Crippen MR) is 122 cm³/mol. The number of halogens is 1. The highest BCUT2D eigenvalue weighted by Crippen LogP contribution is 2.19. The van der Waals surface area contributed by atoms with E-state index in [9.17, 15) is 13.2 Å². The van der Waals surface area contributed by atoms with E-state index in [1.54, 1.807) is 24.3 Å². The number of aromatic nitrogens is 2. The van der Waals surface area contributed by atoms with Crippen LogP contribution < -0.4 is 10.0 Å². The molecule has 7 nitrogen and oxygen atoms in total. The van der Waals surface area contributed by atoms with Crippen molar-refractivity contribution in [3.05, 3.63) is 76.6 Å². The highest BCUT2D eigenvalue weighted by Gasteiger charge is 2.16. The van der Waals surface area contributed by atoms with E-state index in [0.29, 0.717) is 29.4 Å². The minimum absolute atomic E-state index is 0.0666. The van der Waals surface area contributed by atoms with Crippen molar-refractivity contribution < 1.29 is 13.2 Å². The summed E-state index contributed by atoms with van der Waals surface area (Å²) in [5, 5.41) is 7.84. The molecule has 9 heteroatoms. The molecule has 0 aliphatic rings. The molecule has 0 spiro atoms. The topological polar surface area (TPSA) is 93.1 Å². The van der Waals surface area contributed by atoms with Crippen LogP contribution in [0.4, 0.5) is 5.69 Å². The van der Waals surface area contributed by atoms with Gasteiger partial charge in [-0.1, -0.05) is 18.5 Å². The van der Waals surface area contributed by atoms with Gasteiger partial charge in [-0.2, -0.15) is 5.10 Å². The van der Waals surface area contributed by atoms with E-state index in [2.05, 4.69) is 15.1 Å². The van der Waals surface area contributed by atoms with Gasteiger partial charge in [0, 0.05) is 35.1 Å². The molecule has 3 rings (SSSR count). The van der Waals surface area contributed by atoms with Gasteiger partial charge in [0.2, 0.25) is 0 Å². The van der Waals surface area contributed by atoms with E-state index in [0.717, 1.165) is 11.4 Å². The summed E-state index contributed by atoms with van der Waals surface area (Å²) in [6, 6.07) is 14.2. The first-order valence-electron chi connectivity index (χ1n) is 9.82. The van der Waals surface area contributed by atoms with Crippen LogP contribution >= 0.6 is 11.6 Å². The number of hydrogen-bond acceptors (Lipinski definition) is 4. The van der Waals surface area contributed by atoms with Crippen LogP contribution in [0.25, 0.3) is 0 Å². The molecule has 0 saturated heterocycles. The molecule has 1 atom stereocenters. The van der Waals surface area contributed by atoms with Crippen molar-refractivity contribution in [2.75, 3.05) is 11.3 Å². The second-order valence-electron chi connectivity index (χ2n) is 7.56. The summed E-state index contributed by atoms with van der Waals surface area (Å²) in [5.41, 5.74) is 2.85. The molecule has 164 valence electrons. The molecular weight excluding hydrogens is 436 g/mol. The van der Waals surface area contributed by atoms with Crippen molar-refractivity contribution in [3.8, 4) is 0 Å². The molecule has 1 heterocycles. The Labute approximate surface area is 187 Å². The van der Waals surface area contributed by atoms with Crippen molar-refractivity contribution in [2.45, 2.75) is 32.2 Å². The highest BCUT2D eigenvalue weighted by atomic mass is 35.5. The molecule has 0 aliphatic carbocycles. The number of anilines is 1. The van der Waals surface area contributed by atoms with Crippen molar-refractivity contribution in [2.24, 2.45) is 5.92 Å². The fraction of sp³-hybridized carbons (Fsp3) is 0.273. The van der Waals surface area contributed by atoms with Crippen molar-refractivity contribution in [1.82, 2.24) is 15.1 Å². The van der Waals surface area contributed by atoms with Gasteiger partial charge in [-0.15, -0.1) is 0 Å². The molecule has 2 N–H and O–H groups in total. The summed E-state index contributed by atoms with van der Waals surface area (Å²) in [4.78, 5) is 12.5. The lowest BCUT2D eigenvalue weighted by molar-refractivity contribution is 0.0946. The van der Waals surface area contributed by atoms with Crippen LogP contribution in [0.3, 0.4) is 0 Å². The molecule has 0 bridgehead atoms. The maximum absolute atomic E-state index is 12.5. The fourth-order valence-corrected chi connectivity index (χ4v) is 4.29. The largest absolute Gasteiger partial charge is 0.352 e. The summed E-state index contributed by atoms with van der Waals surface area (Å²) in [6.45, 7) is 7.17. The Morgan fingerprint density at radius 2 is 1.74 bits per heavy atom. The van der Waals surface area contributed by atoms with E-state index < -0.39 is 10.0 Å². The van der Waals surface area contributed by atoms with Gasteiger partial charge in [-0.25, -0.2) is 8.42 Å². The van der Waals surface area contributed by atoms with E-state index in [1.165, 1.54) is 24.3 Å². The number of carbonyl (C=O) groups excluding carboxylic acids is 1. The molecule has 0 saturated carbocycles. The number of aryl methyl sites for hydroxylation is 2. The van der Waals surface area contributed by atoms with Gasteiger partial charge in [0.15, 0.2) is 0 Å². The van der Waals surface area contributed by atoms with Crippen molar-refractivity contribution >= 4 is 33.2 Å². The highest BCUT2D eigenvalue weighted by molar-refractivity contribution is 7.92. The zero-order valence-electron chi connectivity index (χ0n) is 17.6. The Hall–Kier alpha value is -2.84. The van der Waals surface area contributed by atoms with Crippen molar-refractivity contribution in [3.63, 3.8) is 0 Å². The first kappa shape index (κ1) is 22.8. The van der Waals surface area contributed by atoms with Crippen molar-refractivity contribution in [1.29, 1.82) is 0 Å². The normalized spacial score (nSPS) is 12.4. The summed E-state index contributed by atoms with van der Waals surface area (Å²) in [7, 11) is -3.77. The molecule has 1 unspecified atom stereocenters. The molecule has 3 aromatic rings. The SMILES string of the molecule is Cc1cc(C)n(CC(C)CNC(=O)c2ccc(S(=O)(=O)Nc3ccc(Cl)cc3)cc2)n1. The van der Waals surface area contributed by atoms with Crippen LogP contribution in [0.15, 0.2) is 59.5 Å². The maximum atomic E-state index is 12.5. The molecule has 1 aromatic heterocycles. The number of rotatable bonds is 8. The first-order valence-corrected chi connectivity index (χ1v) is 11.7. The quantitative estimate of drug-likeness (QED) is 0.531. The smallest absolute Gasteiger partial charge is 0.261 e. The lowest BCUT2D eigenvalue weighted by atomic mass is 10.1. The third-order valence-corrected chi connectivity index (χ3v) is 6.37. The Balaban J connectivity index is 1.57. The number of nitrogens with one attached hydrogen (secondary N) is 2. The molecule has 0 aliphatic heterocycles. The minimum atomic E-state index is -3.77. The zero-order valence-corrected chi connectivity index (χ0v) is 19.2. The second-order valence-corrected chi connectivity index (χ2v) is 9.68. The standard InChI is InChI=1S/C22H25ClN4O3S/c1-15(14-27-17(3)12-16(2)25-27)13-24-22(28)18-4-10-21(11-5-18)31(29,30)26-20-8-6-19(23)7-9-20/h4-12,15,26H,13-14H2,1-3H3,(H,24,28). The number of nitrogens with zero attached hydrogens (tertiary/aromatic N) is 2. The Morgan fingerprint density at radius 1 is 1.10 bits per heavy atom. The van der Waals surface area contributed by atoms with Gasteiger partial charge in [0.1, 0.15) is 0 Å². The van der Waals surface area contributed by atoms with Crippen LogP contribution in [0.5, 0.6) is 0 Å². The van der Waals surface area contributed by atoms with Gasteiger partial charge >= 0.3 is 0 Å². The molecular formula is C22H25ClN4O3S. The van der Waals surface area contributed by atoms with Crippen LogP contribution in [0.1, 0.15) is 28.7 Å². The van der Waals surface area contributed by atoms with Crippen LogP contribution in [-0.2, 0) is 16.6 Å². The van der Waals surface area contributed by atoms with Crippen LogP contribution in [-0.4, -0.2) is 30.7 Å². The number of hydrogen-bond donors (Lipinski definition) is 2. The third-order valence-electron chi connectivity index (χ3n) is 4.72. The summed E-state index contributed by atoms with van der Waals surface area (Å²) in [6.07, 6.45) is 0. The number of benzene rings is 2. The first-order chi connectivity index (χ1) is 14.6. The van der Waals surface area contributed by atoms with E-state index in [4.69, 9.17) is 11.6 Å². The average molecular weight is 461 g/mol. The molecule has 2 aromatic carbocycles. The lowest BCUT2D eigenvalue weighted by Gasteiger charge is -2.14. The third kappa shape index (κ3) is 6.08. The Kier molecular flexibility index (Phi) is 7.02. The van der Waals surface area contributed by atoms with Crippen LogP contribution in [0.2, 0.25) is 5.02 Å². The summed E-state index contributed by atoms with van der Waals surface area (Å²) >= 11 is 5.82. The lowest BCUT2D eigenvalue weighted by Crippen LogP contribution is -2.30. The molecule has 0 fully saturated rings. The number of amides is 1. The summed E-state index contributed by atoms with van der Waals surface area (Å²) in [5.74, 6) is -0.0694. The second kappa shape index (κ2) is 9.53. The summed E-state index contributed by atoms with van der Waals surface area (Å²) < 4.78 is 29.5. The maximum Gasteiger partial charge on any atom is 0.261 e. The van der Waals surface area contributed by atoms with E-state index >= 15 is 0 Å². The predicted octanol–water partition coefficient (Wildman–Crippen LogP) is 4.02. The van der Waals surface area contributed by atoms with Gasteiger partial charge in [-0.05, 0) is 74.4 Å². The average Bonchev–Trinajstić information content (AvgIpc) is 3.04. The van der Waals surface area contributed by atoms with Gasteiger partial charge in [0.25, 0.3) is 15.9 Å². The van der Waals surface area contributed by atoms with E-state index in [1.807, 2.05) is 31.5 Å². The molecule has 0 radical (unpaired) electrons. The zero-order chi connectivity index (χ0) is 22.6. The minimum Gasteiger partial charge on any atom is -0.352 e. The fourth-order valence-electron chi connectivity index (χ4n) is 3.11. The van der Waals surface area contributed by atoms with Crippen LogP contribution in [0, 0.1) is 19.8 Å². The van der Waals surface area contributed by atoms with E-state index in [-0.39, 0.29) is 16.7 Å². The Bertz CT molecular complexity index is 1160. The van der Waals surface area contributed by atoms with Gasteiger partial charge in [0.05, 0.1) is 10.6 Å². The molecule has 31 heavy (non-hydrogen) atoms. The van der Waals surface area contributed by atoms with Gasteiger partial charge < -0.3 is 5.32 Å². The number of carbonyl (C=O) groups is 1. The van der Waals surface area contributed by atoms with Gasteiger partial charge in [-0.3, -0.25) is 14.2 Å². The molecule has 1 amide bonds.